The van der Waals surface area contributed by atoms with Gasteiger partial charge < -0.3 is 39.0 Å². The Morgan fingerprint density at radius 1 is 0.410 bits per heavy atom. The van der Waals surface area contributed by atoms with Crippen LogP contribution in [-0.2, 0) is 42.9 Å². The Bertz CT molecular complexity index is 1900. The Labute approximate surface area is 503 Å². The topological polar surface area (TPSA) is 175 Å². The van der Waals surface area contributed by atoms with Crippen molar-refractivity contribution in [2.75, 3.05) is 13.2 Å². The summed E-state index contributed by atoms with van der Waals surface area (Å²) in [5.74, 6) is -3.19. The van der Waals surface area contributed by atoms with Gasteiger partial charge in [-0.2, -0.15) is 0 Å². The number of hydrogen-bond donors (Lipinski definition) is 3. The molecule has 0 saturated carbocycles. The lowest BCUT2D eigenvalue weighted by Crippen LogP contribution is -2.61. The Balaban J connectivity index is 2.70. The number of unbranched alkanes of at least 4 members (excludes halogenated alkanes) is 20. The van der Waals surface area contributed by atoms with E-state index in [2.05, 4.69) is 142 Å². The van der Waals surface area contributed by atoms with Gasteiger partial charge in [0.25, 0.3) is 0 Å². The van der Waals surface area contributed by atoms with Crippen LogP contribution in [0, 0.1) is 0 Å². The Morgan fingerprint density at radius 3 is 1.17 bits per heavy atom. The van der Waals surface area contributed by atoms with E-state index in [1.165, 1.54) is 25.7 Å². The third kappa shape index (κ3) is 47.1. The maximum absolute atomic E-state index is 13.2. The zero-order valence-corrected chi connectivity index (χ0v) is 51.9. The molecule has 0 aliphatic carbocycles. The number of esters is 3. The lowest BCUT2D eigenvalue weighted by Gasteiger charge is -2.40. The molecule has 6 unspecified atom stereocenters. The first-order valence-electron chi connectivity index (χ1n) is 32.5. The number of carbonyl (C=O) groups is 4. The number of carbonyl (C=O) groups excluding carboxylic acids is 3. The van der Waals surface area contributed by atoms with Crippen LogP contribution in [0.15, 0.2) is 122 Å². The van der Waals surface area contributed by atoms with Crippen LogP contribution in [0.1, 0.15) is 252 Å². The summed E-state index contributed by atoms with van der Waals surface area (Å²) in [5, 5.41) is 31.6. The van der Waals surface area contributed by atoms with Crippen LogP contribution in [-0.4, -0.2) is 89.2 Å². The van der Waals surface area contributed by atoms with E-state index in [-0.39, 0.29) is 25.9 Å². The highest BCUT2D eigenvalue weighted by molar-refractivity contribution is 5.74. The monoisotopic (exact) mass is 1160 g/mol. The largest absolute Gasteiger partial charge is 0.479 e. The van der Waals surface area contributed by atoms with Gasteiger partial charge in [-0.3, -0.25) is 14.4 Å². The number of allylic oxidation sites excluding steroid dienone is 20. The van der Waals surface area contributed by atoms with Gasteiger partial charge in [-0.1, -0.05) is 226 Å². The summed E-state index contributed by atoms with van der Waals surface area (Å²) in [5.41, 5.74) is 0. The lowest BCUT2D eigenvalue weighted by molar-refractivity contribution is -0.301. The van der Waals surface area contributed by atoms with E-state index in [9.17, 15) is 34.5 Å². The summed E-state index contributed by atoms with van der Waals surface area (Å²) in [6, 6.07) is 0. The van der Waals surface area contributed by atoms with Gasteiger partial charge in [0.1, 0.15) is 18.8 Å². The zero-order valence-electron chi connectivity index (χ0n) is 51.9. The van der Waals surface area contributed by atoms with Crippen LogP contribution in [0.4, 0.5) is 0 Å². The highest BCUT2D eigenvalue weighted by atomic mass is 16.7. The van der Waals surface area contributed by atoms with Crippen LogP contribution in [0.3, 0.4) is 0 Å². The second-order valence-electron chi connectivity index (χ2n) is 21.6. The van der Waals surface area contributed by atoms with Crippen molar-refractivity contribution in [2.45, 2.75) is 289 Å². The van der Waals surface area contributed by atoms with Gasteiger partial charge in [0.05, 0.1) is 6.61 Å². The molecule has 0 aromatic rings. The van der Waals surface area contributed by atoms with E-state index in [0.29, 0.717) is 19.3 Å². The highest BCUT2D eigenvalue weighted by Gasteiger charge is 2.50. The quantitative estimate of drug-likeness (QED) is 0.0228. The predicted octanol–water partition coefficient (Wildman–Crippen LogP) is 17.6. The molecule has 1 fully saturated rings. The first-order valence-corrected chi connectivity index (χ1v) is 32.5. The van der Waals surface area contributed by atoms with Crippen molar-refractivity contribution in [1.29, 1.82) is 0 Å². The molecule has 0 spiro atoms. The fourth-order valence-corrected chi connectivity index (χ4v) is 9.09. The van der Waals surface area contributed by atoms with E-state index in [1.807, 2.05) is 0 Å². The molecule has 1 rings (SSSR count). The van der Waals surface area contributed by atoms with Gasteiger partial charge in [0.2, 0.25) is 0 Å². The molecular formula is C71H114O12. The molecule has 12 nitrogen and oxygen atoms in total. The average Bonchev–Trinajstić information content (AvgIpc) is 3.55. The van der Waals surface area contributed by atoms with Gasteiger partial charge in [-0.25, -0.2) is 4.79 Å². The summed E-state index contributed by atoms with van der Waals surface area (Å²) >= 11 is 0. The summed E-state index contributed by atoms with van der Waals surface area (Å²) in [7, 11) is 0. The Kier molecular flexibility index (Phi) is 52.8. The third-order valence-corrected chi connectivity index (χ3v) is 14.0. The van der Waals surface area contributed by atoms with Gasteiger partial charge in [0, 0.05) is 19.3 Å². The van der Waals surface area contributed by atoms with Crippen LogP contribution in [0.2, 0.25) is 0 Å². The molecule has 0 amide bonds. The average molecular weight is 1160 g/mol. The molecule has 1 saturated heterocycles. The Hall–Kier alpha value is -4.88. The van der Waals surface area contributed by atoms with Crippen molar-refractivity contribution in [3.63, 3.8) is 0 Å². The molecule has 470 valence electrons. The van der Waals surface area contributed by atoms with Crippen LogP contribution >= 0.6 is 0 Å². The molecule has 6 atom stereocenters. The second-order valence-corrected chi connectivity index (χ2v) is 21.6. The summed E-state index contributed by atoms with van der Waals surface area (Å²) in [6.07, 6.45) is 67.2. The van der Waals surface area contributed by atoms with Crippen LogP contribution in [0.5, 0.6) is 0 Å². The third-order valence-electron chi connectivity index (χ3n) is 14.0. The van der Waals surface area contributed by atoms with Gasteiger partial charge >= 0.3 is 23.9 Å². The lowest BCUT2D eigenvalue weighted by atomic mass is 9.98. The number of ether oxygens (including phenoxy) is 5. The molecule has 0 bridgehead atoms. The molecule has 83 heavy (non-hydrogen) atoms. The molecule has 1 heterocycles. The second kappa shape index (κ2) is 57.5. The number of aliphatic carboxylic acids is 1. The van der Waals surface area contributed by atoms with Crippen molar-refractivity contribution >= 4 is 23.9 Å². The van der Waals surface area contributed by atoms with E-state index in [1.54, 1.807) is 0 Å². The van der Waals surface area contributed by atoms with Crippen LogP contribution < -0.4 is 0 Å². The van der Waals surface area contributed by atoms with Crippen LogP contribution in [0.25, 0.3) is 0 Å². The first-order chi connectivity index (χ1) is 40.6. The van der Waals surface area contributed by atoms with E-state index >= 15 is 0 Å². The standard InChI is InChI=1S/C71H114O12/c1-4-7-10-13-16-19-22-25-28-31-32-35-38-41-44-47-50-53-56-59-65(74)82-69-67(76)66(75)68(70(77)78)83-71(69)80-61-62(81-64(73)58-55-52-49-46-43-40-37-34-30-27-24-21-18-15-12-9-6-3)60-79-63(72)57-54-51-48-45-42-39-36-33-29-26-23-20-17-14-11-8-5-2/h7-8,10-11,16-21,25-30,32,35,41,44,62,66-69,71,75-76H,4-6,9,12-15,22-24,31,33-34,36-40,42-43,45-61H2,1-3H3,(H,77,78)/b10-7-,11-8-,19-16-,20-17-,21-18-,28-25-,29-26-,30-27-,35-32-,44-41-. The normalized spacial score (nSPS) is 18.4. The van der Waals surface area contributed by atoms with Crippen molar-refractivity contribution in [2.24, 2.45) is 0 Å². The van der Waals surface area contributed by atoms with Gasteiger partial charge in [-0.05, 0) is 128 Å². The minimum atomic E-state index is -1.92. The minimum Gasteiger partial charge on any atom is -0.479 e. The molecule has 1 aliphatic rings. The summed E-state index contributed by atoms with van der Waals surface area (Å²) < 4.78 is 28.5. The number of rotatable bonds is 54. The fraction of sp³-hybridized carbons (Fsp3) is 0.662. The fourth-order valence-electron chi connectivity index (χ4n) is 9.09. The number of hydrogen-bond acceptors (Lipinski definition) is 11. The molecule has 0 aromatic heterocycles. The van der Waals surface area contributed by atoms with E-state index in [0.717, 1.165) is 167 Å². The SMILES string of the molecule is CC/C=C\C/C=C\C/C=C\C/C=C\C/C=C\CCCCCC(=O)OC1C(OCC(COC(=O)CCCCCCCCC/C=C\C/C=C\C/C=C\CC)OC(=O)CCCCCCCCC/C=C\C/C=C\CCCCC)OC(C(=O)O)C(O)C1O. The summed E-state index contributed by atoms with van der Waals surface area (Å²) in [4.78, 5) is 51.4. The van der Waals surface area contributed by atoms with E-state index < -0.39 is 67.3 Å². The molecule has 12 heteroatoms. The molecule has 0 radical (unpaired) electrons. The van der Waals surface area contributed by atoms with Crippen molar-refractivity contribution in [3.05, 3.63) is 122 Å². The molecule has 0 aromatic carbocycles. The van der Waals surface area contributed by atoms with Gasteiger partial charge in [0.15, 0.2) is 24.6 Å². The minimum absolute atomic E-state index is 0.0136. The predicted molar refractivity (Wildman–Crippen MR) is 340 cm³/mol. The number of carboxylic acid groups (broad SMARTS) is 1. The number of carboxylic acids is 1. The smallest absolute Gasteiger partial charge is 0.335 e. The Morgan fingerprint density at radius 2 is 0.759 bits per heavy atom. The number of aliphatic hydroxyl groups is 2. The first kappa shape index (κ1) is 76.1. The zero-order chi connectivity index (χ0) is 60.3. The van der Waals surface area contributed by atoms with Gasteiger partial charge in [-0.15, -0.1) is 0 Å². The molecule has 1 aliphatic heterocycles. The number of aliphatic hydroxyl groups excluding tert-OH is 2. The van der Waals surface area contributed by atoms with Crippen molar-refractivity contribution < 1.29 is 58.2 Å². The van der Waals surface area contributed by atoms with E-state index in [4.69, 9.17) is 23.7 Å². The van der Waals surface area contributed by atoms with Crippen molar-refractivity contribution in [1.82, 2.24) is 0 Å². The molecular weight excluding hydrogens is 1040 g/mol. The maximum atomic E-state index is 13.2. The summed E-state index contributed by atoms with van der Waals surface area (Å²) in [6.45, 7) is 5.73. The maximum Gasteiger partial charge on any atom is 0.335 e. The molecule has 3 N–H and O–H groups in total. The highest BCUT2D eigenvalue weighted by Crippen LogP contribution is 2.26. The van der Waals surface area contributed by atoms with Crippen molar-refractivity contribution in [3.8, 4) is 0 Å².